The molecule has 0 atom stereocenters. The summed E-state index contributed by atoms with van der Waals surface area (Å²) in [6.07, 6.45) is 0. The van der Waals surface area contributed by atoms with E-state index in [-0.39, 0.29) is 4.92 Å². The first-order valence-corrected chi connectivity index (χ1v) is 7.24. The first-order valence-electron chi connectivity index (χ1n) is 6.25. The summed E-state index contributed by atoms with van der Waals surface area (Å²) in [6, 6.07) is 10.1. The van der Waals surface area contributed by atoms with Gasteiger partial charge in [-0.1, -0.05) is 30.3 Å². The van der Waals surface area contributed by atoms with Crippen molar-refractivity contribution in [2.45, 2.75) is 6.54 Å². The van der Waals surface area contributed by atoms with Gasteiger partial charge < -0.3 is 4.90 Å². The Balaban J connectivity index is 1.78. The Morgan fingerprint density at radius 1 is 1.32 bits per heavy atom. The number of nitro groups is 1. The third-order valence-electron chi connectivity index (χ3n) is 3.35. The van der Waals surface area contributed by atoms with Crippen LogP contribution in [0.3, 0.4) is 0 Å². The van der Waals surface area contributed by atoms with Gasteiger partial charge in [0.2, 0.25) is 0 Å². The van der Waals surface area contributed by atoms with Gasteiger partial charge in [0.05, 0.1) is 18.1 Å². The molecule has 0 aromatic heterocycles. The van der Waals surface area contributed by atoms with E-state index in [4.69, 9.17) is 0 Å². The molecule has 0 unspecified atom stereocenters. The minimum absolute atomic E-state index is 0.224. The molecule has 2 heterocycles. The van der Waals surface area contributed by atoms with Crippen molar-refractivity contribution in [1.29, 1.82) is 0 Å². The molecule has 2 aliphatic heterocycles. The van der Waals surface area contributed by atoms with Crippen LogP contribution < -0.4 is 0 Å². The molecule has 1 aromatic carbocycles. The second kappa shape index (κ2) is 5.22. The highest BCUT2D eigenvalue weighted by molar-refractivity contribution is 8.03. The predicted octanol–water partition coefficient (Wildman–Crippen LogP) is 1.95. The summed E-state index contributed by atoms with van der Waals surface area (Å²) in [4.78, 5) is 15.2. The van der Waals surface area contributed by atoms with E-state index in [0.717, 1.165) is 30.5 Å². The van der Waals surface area contributed by atoms with Gasteiger partial charge in [0.1, 0.15) is 5.03 Å². The van der Waals surface area contributed by atoms with Gasteiger partial charge in [-0.2, -0.15) is 0 Å². The Morgan fingerprint density at radius 3 is 2.84 bits per heavy atom. The molecular formula is C13H15N3O2S. The number of benzene rings is 1. The molecule has 0 spiro atoms. The minimum Gasteiger partial charge on any atom is -0.347 e. The first-order chi connectivity index (χ1) is 9.24. The first kappa shape index (κ1) is 12.5. The number of hydrogen-bond acceptors (Lipinski definition) is 5. The Labute approximate surface area is 116 Å². The van der Waals surface area contributed by atoms with Crippen LogP contribution >= 0.6 is 11.8 Å². The van der Waals surface area contributed by atoms with Crippen molar-refractivity contribution in [3.8, 4) is 0 Å². The molecule has 19 heavy (non-hydrogen) atoms. The van der Waals surface area contributed by atoms with Crippen LogP contribution in [0.5, 0.6) is 0 Å². The fraction of sp³-hybridized carbons (Fsp3) is 0.385. The maximum absolute atomic E-state index is 11.2. The minimum atomic E-state index is -0.224. The molecular weight excluding hydrogens is 262 g/mol. The highest BCUT2D eigenvalue weighted by atomic mass is 32.2. The summed E-state index contributed by atoms with van der Waals surface area (Å²) in [5, 5.41) is 12.0. The van der Waals surface area contributed by atoms with Crippen molar-refractivity contribution >= 4 is 11.8 Å². The van der Waals surface area contributed by atoms with Crippen LogP contribution in [0.4, 0.5) is 0 Å². The number of hydrogen-bond donors (Lipinski definition) is 0. The van der Waals surface area contributed by atoms with Gasteiger partial charge in [-0.3, -0.25) is 15.0 Å². The Bertz CT molecular complexity index is 518. The van der Waals surface area contributed by atoms with E-state index in [9.17, 15) is 10.1 Å². The van der Waals surface area contributed by atoms with E-state index in [1.165, 1.54) is 5.56 Å². The van der Waals surface area contributed by atoms with Gasteiger partial charge in [-0.05, 0) is 5.56 Å². The molecule has 100 valence electrons. The number of thioether (sulfide) groups is 1. The third kappa shape index (κ3) is 2.59. The van der Waals surface area contributed by atoms with Crippen LogP contribution in [-0.4, -0.2) is 40.2 Å². The maximum atomic E-state index is 11.2. The van der Waals surface area contributed by atoms with E-state index in [1.54, 1.807) is 11.8 Å². The third-order valence-corrected chi connectivity index (χ3v) is 4.50. The van der Waals surface area contributed by atoms with Crippen molar-refractivity contribution in [3.05, 3.63) is 56.7 Å². The molecule has 1 saturated heterocycles. The molecule has 5 nitrogen and oxygen atoms in total. The predicted molar refractivity (Wildman–Crippen MR) is 74.9 cm³/mol. The van der Waals surface area contributed by atoms with Crippen LogP contribution in [0.2, 0.25) is 0 Å². The van der Waals surface area contributed by atoms with E-state index in [2.05, 4.69) is 21.9 Å². The summed E-state index contributed by atoms with van der Waals surface area (Å²) in [5.41, 5.74) is 1.55. The lowest BCUT2D eigenvalue weighted by atomic mass is 10.2. The molecule has 0 amide bonds. The molecule has 0 N–H and O–H groups in total. The van der Waals surface area contributed by atoms with E-state index < -0.39 is 0 Å². The Morgan fingerprint density at radius 2 is 2.11 bits per heavy atom. The number of nitrogens with zero attached hydrogens (tertiary/aromatic N) is 3. The second-order valence-corrected chi connectivity index (χ2v) is 5.82. The van der Waals surface area contributed by atoms with Gasteiger partial charge >= 0.3 is 0 Å². The van der Waals surface area contributed by atoms with E-state index in [0.29, 0.717) is 12.2 Å². The molecule has 6 heteroatoms. The zero-order valence-electron chi connectivity index (χ0n) is 10.5. The van der Waals surface area contributed by atoms with Crippen LogP contribution in [0.1, 0.15) is 5.56 Å². The molecule has 0 saturated carbocycles. The standard InChI is InChI=1S/C13H15N3O2S/c17-16(18)12-9-14(8-11-4-2-1-3-5-11)10-15-6-7-19-13(12)15/h1-5H,6-10H2. The second-order valence-electron chi connectivity index (χ2n) is 4.73. The summed E-state index contributed by atoms with van der Waals surface area (Å²) in [7, 11) is 0. The zero-order chi connectivity index (χ0) is 13.2. The Kier molecular flexibility index (Phi) is 3.44. The smallest absolute Gasteiger partial charge is 0.289 e. The van der Waals surface area contributed by atoms with Crippen molar-refractivity contribution in [1.82, 2.24) is 9.80 Å². The SMILES string of the molecule is O=[N+]([O-])C1=C2SCCN2CN(Cc2ccccc2)C1. The highest BCUT2D eigenvalue weighted by Crippen LogP contribution is 2.34. The molecule has 1 fully saturated rings. The van der Waals surface area contributed by atoms with Gasteiger partial charge in [-0.15, -0.1) is 11.8 Å². The number of fused-ring (bicyclic) bond motifs is 1. The monoisotopic (exact) mass is 277 g/mol. The van der Waals surface area contributed by atoms with Gasteiger partial charge in [0.15, 0.2) is 0 Å². The molecule has 0 bridgehead atoms. The average Bonchev–Trinajstić information content (AvgIpc) is 2.87. The molecule has 1 aromatic rings. The lowest BCUT2D eigenvalue weighted by Gasteiger charge is -2.32. The molecule has 3 rings (SSSR count). The van der Waals surface area contributed by atoms with Crippen LogP contribution in [0, 0.1) is 10.1 Å². The lowest BCUT2D eigenvalue weighted by molar-refractivity contribution is -0.431. The van der Waals surface area contributed by atoms with Crippen LogP contribution in [0.15, 0.2) is 41.1 Å². The topological polar surface area (TPSA) is 49.6 Å². The average molecular weight is 277 g/mol. The Hall–Kier alpha value is -1.53. The van der Waals surface area contributed by atoms with Crippen LogP contribution in [0.25, 0.3) is 0 Å². The number of rotatable bonds is 3. The highest BCUT2D eigenvalue weighted by Gasteiger charge is 2.35. The van der Waals surface area contributed by atoms with Crippen molar-refractivity contribution in [2.24, 2.45) is 0 Å². The summed E-state index contributed by atoms with van der Waals surface area (Å²) in [5.74, 6) is 0.950. The van der Waals surface area contributed by atoms with Crippen molar-refractivity contribution in [3.63, 3.8) is 0 Å². The quantitative estimate of drug-likeness (QED) is 0.624. The van der Waals surface area contributed by atoms with Crippen molar-refractivity contribution in [2.75, 3.05) is 25.5 Å². The maximum Gasteiger partial charge on any atom is 0.289 e. The summed E-state index contributed by atoms with van der Waals surface area (Å²) in [6.45, 7) is 2.88. The normalized spacial score (nSPS) is 19.7. The zero-order valence-corrected chi connectivity index (χ0v) is 11.3. The lowest BCUT2D eigenvalue weighted by Crippen LogP contribution is -2.42. The molecule has 0 radical (unpaired) electrons. The van der Waals surface area contributed by atoms with Gasteiger partial charge in [-0.25, -0.2) is 0 Å². The summed E-state index contributed by atoms with van der Waals surface area (Å²) >= 11 is 1.61. The fourth-order valence-corrected chi connectivity index (χ4v) is 3.64. The molecule has 2 aliphatic rings. The van der Waals surface area contributed by atoms with Crippen LogP contribution in [-0.2, 0) is 6.54 Å². The van der Waals surface area contributed by atoms with E-state index in [1.807, 2.05) is 18.2 Å². The van der Waals surface area contributed by atoms with Crippen molar-refractivity contribution < 1.29 is 4.92 Å². The van der Waals surface area contributed by atoms with Gasteiger partial charge in [0.25, 0.3) is 5.70 Å². The van der Waals surface area contributed by atoms with Gasteiger partial charge in [0, 0.05) is 18.8 Å². The largest absolute Gasteiger partial charge is 0.347 e. The fourth-order valence-electron chi connectivity index (χ4n) is 2.50. The van der Waals surface area contributed by atoms with E-state index >= 15 is 0 Å². The summed E-state index contributed by atoms with van der Waals surface area (Å²) < 4.78 is 0. The molecule has 0 aliphatic carbocycles.